The first kappa shape index (κ1) is 17.9. The molecule has 0 saturated carbocycles. The summed E-state index contributed by atoms with van der Waals surface area (Å²) in [5.74, 6) is 0. The topological polar surface area (TPSA) is 0 Å². The van der Waals surface area contributed by atoms with Gasteiger partial charge in [-0.15, -0.1) is 0 Å². The third kappa shape index (κ3) is 4.47. The molecule has 0 fully saturated rings. The van der Waals surface area contributed by atoms with E-state index in [9.17, 15) is 0 Å². The quantitative estimate of drug-likeness (QED) is 0.498. The highest BCUT2D eigenvalue weighted by atomic mass is 31.2. The van der Waals surface area contributed by atoms with Crippen molar-refractivity contribution < 1.29 is 0 Å². The minimum absolute atomic E-state index is 0.103. The second kappa shape index (κ2) is 6.86. The maximum Gasteiger partial charge on any atom is 0.00588 e. The van der Waals surface area contributed by atoms with Gasteiger partial charge in [0, 0.05) is 4.90 Å². The van der Waals surface area contributed by atoms with Crippen LogP contribution in [0.2, 0.25) is 0 Å². The molecule has 0 heterocycles. The molecule has 0 atom stereocenters. The molecule has 0 rings (SSSR count). The third-order valence-electron chi connectivity index (χ3n) is 3.49. The Hall–Kier alpha value is 0.860. The summed E-state index contributed by atoms with van der Waals surface area (Å²) < 4.78 is 0. The standard InChI is InChI=1S/C15H34P2/c1-11(2)16(12(3)4)15(9,10)17(13(5)6)14(7)8/h11-14H,1-10H3. The van der Waals surface area contributed by atoms with Gasteiger partial charge in [-0.05, 0) is 22.6 Å². The molecule has 0 bridgehead atoms. The second-order valence-corrected chi connectivity index (χ2v) is 15.0. The fourth-order valence-corrected chi connectivity index (χ4v) is 15.1. The first-order valence-corrected chi connectivity index (χ1v) is 10.1. The van der Waals surface area contributed by atoms with Crippen molar-refractivity contribution in [3.05, 3.63) is 0 Å². The van der Waals surface area contributed by atoms with Crippen LogP contribution < -0.4 is 0 Å². The molecule has 0 aromatic heterocycles. The molecule has 2 heteroatoms. The van der Waals surface area contributed by atoms with Crippen molar-refractivity contribution in [3.8, 4) is 0 Å². The maximum absolute atomic E-state index is 2.56. The highest BCUT2D eigenvalue weighted by molar-refractivity contribution is 7.78. The Morgan fingerprint density at radius 2 is 0.706 bits per heavy atom. The average Bonchev–Trinajstić information content (AvgIpc) is 1.96. The van der Waals surface area contributed by atoms with E-state index >= 15 is 0 Å². The van der Waals surface area contributed by atoms with Crippen LogP contribution in [0.25, 0.3) is 0 Å². The van der Waals surface area contributed by atoms with Crippen LogP contribution in [0.15, 0.2) is 0 Å². The summed E-state index contributed by atoms with van der Waals surface area (Å²) in [5, 5.41) is 0. The summed E-state index contributed by atoms with van der Waals surface area (Å²) in [6.45, 7) is 24.6. The van der Waals surface area contributed by atoms with Gasteiger partial charge in [0.1, 0.15) is 0 Å². The van der Waals surface area contributed by atoms with Gasteiger partial charge in [0.25, 0.3) is 0 Å². The normalized spacial score (nSPS) is 14.1. The van der Waals surface area contributed by atoms with Gasteiger partial charge in [0.2, 0.25) is 0 Å². The maximum atomic E-state index is 2.56. The van der Waals surface area contributed by atoms with E-state index < -0.39 is 0 Å². The van der Waals surface area contributed by atoms with Crippen molar-refractivity contribution in [1.82, 2.24) is 0 Å². The van der Waals surface area contributed by atoms with E-state index in [0.717, 1.165) is 22.6 Å². The van der Waals surface area contributed by atoms with Gasteiger partial charge in [-0.1, -0.05) is 85.1 Å². The van der Waals surface area contributed by atoms with E-state index in [1.54, 1.807) is 0 Å². The van der Waals surface area contributed by atoms with Gasteiger partial charge in [0.05, 0.1) is 0 Å². The lowest BCUT2D eigenvalue weighted by atomic mass is 10.5. The smallest absolute Gasteiger partial charge is 0.00588 e. The lowest BCUT2D eigenvalue weighted by molar-refractivity contribution is 0.858. The molecule has 0 aromatic carbocycles. The summed E-state index contributed by atoms with van der Waals surface area (Å²) in [6.07, 6.45) is 0. The van der Waals surface area contributed by atoms with Crippen LogP contribution in [0, 0.1) is 0 Å². The fraction of sp³-hybridized carbons (Fsp3) is 1.00. The summed E-state index contributed by atoms with van der Waals surface area (Å²) >= 11 is 0. The van der Waals surface area contributed by atoms with Gasteiger partial charge in [-0.25, -0.2) is 0 Å². The predicted octanol–water partition coefficient (Wildman–Crippen LogP) is 6.32. The van der Waals surface area contributed by atoms with Crippen LogP contribution >= 0.6 is 15.8 Å². The van der Waals surface area contributed by atoms with Gasteiger partial charge < -0.3 is 0 Å². The molecule has 0 aliphatic rings. The molecule has 0 N–H and O–H groups in total. The number of hydrogen-bond donors (Lipinski definition) is 0. The van der Waals surface area contributed by atoms with Crippen molar-refractivity contribution in [2.75, 3.05) is 0 Å². The molecule has 0 spiro atoms. The van der Waals surface area contributed by atoms with Crippen LogP contribution in [0.1, 0.15) is 69.2 Å². The molecule has 17 heavy (non-hydrogen) atoms. The van der Waals surface area contributed by atoms with E-state index in [-0.39, 0.29) is 15.8 Å². The zero-order chi connectivity index (χ0) is 14.0. The van der Waals surface area contributed by atoms with E-state index in [4.69, 9.17) is 0 Å². The molecule has 0 unspecified atom stereocenters. The van der Waals surface area contributed by atoms with E-state index in [0.29, 0.717) is 4.90 Å². The number of rotatable bonds is 6. The molecule has 0 radical (unpaired) electrons. The first-order valence-electron chi connectivity index (χ1n) is 7.10. The van der Waals surface area contributed by atoms with Crippen LogP contribution in [0.5, 0.6) is 0 Å². The Balaban J connectivity index is 5.30. The molecule has 0 aliphatic heterocycles. The Morgan fingerprint density at radius 3 is 0.824 bits per heavy atom. The highest BCUT2D eigenvalue weighted by Gasteiger charge is 2.41. The largest absolute Gasteiger partial charge is 0.0912 e. The Bertz CT molecular complexity index is 179. The minimum Gasteiger partial charge on any atom is -0.0912 e. The molecule has 0 nitrogen and oxygen atoms in total. The van der Waals surface area contributed by atoms with E-state index in [2.05, 4.69) is 69.2 Å². The Labute approximate surface area is 113 Å². The monoisotopic (exact) mass is 276 g/mol. The van der Waals surface area contributed by atoms with Crippen molar-refractivity contribution in [1.29, 1.82) is 0 Å². The van der Waals surface area contributed by atoms with Crippen LogP contribution in [0.4, 0.5) is 0 Å². The summed E-state index contributed by atoms with van der Waals surface area (Å²) in [4.78, 5) is 0.551. The zero-order valence-electron chi connectivity index (χ0n) is 13.7. The first-order chi connectivity index (χ1) is 7.53. The van der Waals surface area contributed by atoms with Crippen LogP contribution in [-0.4, -0.2) is 27.5 Å². The summed E-state index contributed by atoms with van der Waals surface area (Å²) in [6, 6.07) is 0. The lowest BCUT2D eigenvalue weighted by Gasteiger charge is -2.49. The molecule has 0 aliphatic carbocycles. The van der Waals surface area contributed by atoms with Crippen molar-refractivity contribution in [2.24, 2.45) is 0 Å². The van der Waals surface area contributed by atoms with Crippen molar-refractivity contribution >= 4 is 15.8 Å². The molecule has 0 amide bonds. The highest BCUT2D eigenvalue weighted by Crippen LogP contribution is 2.73. The minimum atomic E-state index is 0.103. The van der Waals surface area contributed by atoms with Gasteiger partial charge >= 0.3 is 0 Å². The average molecular weight is 276 g/mol. The van der Waals surface area contributed by atoms with Crippen LogP contribution in [0.3, 0.4) is 0 Å². The Kier molecular flexibility index (Phi) is 7.21. The predicted molar refractivity (Wildman–Crippen MR) is 88.5 cm³/mol. The van der Waals surface area contributed by atoms with E-state index in [1.807, 2.05) is 0 Å². The zero-order valence-corrected chi connectivity index (χ0v) is 15.5. The third-order valence-corrected chi connectivity index (χ3v) is 11.9. The second-order valence-electron chi connectivity index (χ2n) is 6.68. The SMILES string of the molecule is CC(C)P(C(C)C)C(C)(C)P(C(C)C)C(C)C. The molecule has 104 valence electrons. The Morgan fingerprint density at radius 1 is 0.529 bits per heavy atom. The van der Waals surface area contributed by atoms with Gasteiger partial charge in [0.15, 0.2) is 0 Å². The fourth-order valence-electron chi connectivity index (χ4n) is 3.85. The van der Waals surface area contributed by atoms with Crippen molar-refractivity contribution in [2.45, 2.75) is 96.8 Å². The summed E-state index contributed by atoms with van der Waals surface area (Å²) in [7, 11) is 0.205. The van der Waals surface area contributed by atoms with Gasteiger partial charge in [-0.3, -0.25) is 0 Å². The van der Waals surface area contributed by atoms with Crippen molar-refractivity contribution in [3.63, 3.8) is 0 Å². The molecule has 0 aromatic rings. The molecular formula is C15H34P2. The summed E-state index contributed by atoms with van der Waals surface area (Å²) in [5.41, 5.74) is 3.40. The molecular weight excluding hydrogens is 242 g/mol. The van der Waals surface area contributed by atoms with E-state index in [1.165, 1.54) is 0 Å². The van der Waals surface area contributed by atoms with Gasteiger partial charge in [-0.2, -0.15) is 0 Å². The van der Waals surface area contributed by atoms with Crippen LogP contribution in [-0.2, 0) is 0 Å². The molecule has 0 saturated heterocycles. The number of hydrogen-bond acceptors (Lipinski definition) is 0. The lowest BCUT2D eigenvalue weighted by Crippen LogP contribution is -2.29.